The Morgan fingerprint density at radius 3 is 1.09 bits per heavy atom. The van der Waals surface area contributed by atoms with Crippen molar-refractivity contribution in [2.45, 2.75) is 306 Å². The number of carbonyl (C=O) groups excluding carboxylic acids is 1. The zero-order valence-electron chi connectivity index (χ0n) is 73.4. The Labute approximate surface area is 694 Å². The van der Waals surface area contributed by atoms with E-state index in [9.17, 15) is 4.79 Å². The monoisotopic (exact) mass is 1790 g/mol. The van der Waals surface area contributed by atoms with Gasteiger partial charge in [-0.2, -0.15) is 0 Å². The Hall–Kier alpha value is -3.71. The van der Waals surface area contributed by atoms with Crippen molar-refractivity contribution in [3.63, 3.8) is 0 Å². The highest BCUT2D eigenvalue weighted by atomic mass is 127. The molecule has 2 aromatic heterocycles. The third-order valence-corrected chi connectivity index (χ3v) is 16.5. The van der Waals surface area contributed by atoms with E-state index < -0.39 is 0 Å². The molecule has 0 saturated heterocycles. The van der Waals surface area contributed by atoms with Crippen molar-refractivity contribution in [3.05, 3.63) is 231 Å². The molecule has 0 aliphatic rings. The molecule has 0 atom stereocenters. The molecule has 0 amide bonds. The van der Waals surface area contributed by atoms with Gasteiger partial charge >= 0.3 is 5.97 Å². The van der Waals surface area contributed by atoms with Crippen LogP contribution >= 0.6 is 77.0 Å². The summed E-state index contributed by atoms with van der Waals surface area (Å²) in [6.45, 7) is 73.5. The van der Waals surface area contributed by atoms with Crippen molar-refractivity contribution < 1.29 is 9.53 Å². The molecule has 4 nitrogen and oxygen atoms in total. The predicted molar refractivity (Wildman–Crippen MR) is 493 cm³/mol. The van der Waals surface area contributed by atoms with Gasteiger partial charge in [0.25, 0.3) is 0 Å². The Morgan fingerprint density at radius 2 is 0.743 bits per heavy atom. The van der Waals surface area contributed by atoms with Gasteiger partial charge in [-0.05, 0) is 257 Å². The van der Waals surface area contributed by atoms with Gasteiger partial charge in [0.2, 0.25) is 0 Å². The fraction of sp³-hybridized carbons (Fsp3) is 0.577. The topological polar surface area (TPSA) is 52.1 Å². The summed E-state index contributed by atoms with van der Waals surface area (Å²) in [6, 6.07) is 51.5. The van der Waals surface area contributed by atoms with Gasteiger partial charge in [0.15, 0.2) is 0 Å². The van der Waals surface area contributed by atoms with E-state index in [1.165, 1.54) is 88.9 Å². The van der Waals surface area contributed by atoms with E-state index in [-0.39, 0.29) is 11.4 Å². The number of hydrogen-bond donors (Lipinski definition) is 0. The Kier molecular flexibility index (Phi) is 51.9. The number of rotatable bonds is 11. The molecule has 0 fully saturated rings. The first-order valence-corrected chi connectivity index (χ1v) is 42.2. The molecule has 0 spiro atoms. The lowest BCUT2D eigenvalue weighted by atomic mass is 9.88. The second-order valence-corrected chi connectivity index (χ2v) is 44.9. The maximum absolute atomic E-state index is 10.6. The van der Waals surface area contributed by atoms with E-state index in [1.54, 1.807) is 0 Å². The highest BCUT2D eigenvalue weighted by Gasteiger charge is 2.18. The minimum absolute atomic E-state index is 0.0487. The molecule has 0 aliphatic heterocycles. The van der Waals surface area contributed by atoms with E-state index in [4.69, 9.17) is 0 Å². The Bertz CT molecular complexity index is 3090. The van der Waals surface area contributed by atoms with Gasteiger partial charge in [0, 0.05) is 40.9 Å². The number of carbonyl (C=O) groups is 1. The number of pyridine rings is 2. The lowest BCUT2D eigenvalue weighted by Crippen LogP contribution is -2.13. The van der Waals surface area contributed by atoms with Crippen molar-refractivity contribution in [1.82, 2.24) is 9.97 Å². The number of aryl methyl sites for hydroxylation is 1. The molecule has 2 heterocycles. The van der Waals surface area contributed by atoms with Crippen LogP contribution in [0.2, 0.25) is 0 Å². The number of halogens is 4. The summed E-state index contributed by atoms with van der Waals surface area (Å²) >= 11 is 11.7. The summed E-state index contributed by atoms with van der Waals surface area (Å²) in [5.74, 6) is -0.137. The van der Waals surface area contributed by atoms with Gasteiger partial charge in [0.1, 0.15) is 0 Å². The second-order valence-electron chi connectivity index (χ2n) is 40.7. The van der Waals surface area contributed by atoms with Gasteiger partial charge < -0.3 is 4.74 Å². The highest BCUT2D eigenvalue weighted by Crippen LogP contribution is 2.29. The third kappa shape index (κ3) is 78.2. The van der Waals surface area contributed by atoms with Gasteiger partial charge in [-0.1, -0.05) is 363 Å². The van der Waals surface area contributed by atoms with Gasteiger partial charge in [-0.15, -0.1) is 0 Å². The van der Waals surface area contributed by atoms with Gasteiger partial charge in [-0.25, -0.2) is 0 Å². The predicted octanol–water partition coefficient (Wildman–Crippen LogP) is 32.0. The molecule has 7 aromatic rings. The van der Waals surface area contributed by atoms with Crippen LogP contribution in [-0.4, -0.2) is 23.0 Å². The molecular weight excluding hydrogens is 1640 g/mol. The maximum atomic E-state index is 10.6. The van der Waals surface area contributed by atoms with Crippen LogP contribution in [0.1, 0.15) is 298 Å². The van der Waals surface area contributed by atoms with Crippen LogP contribution < -0.4 is 0 Å². The lowest BCUT2D eigenvalue weighted by Gasteiger charge is -2.18. The molecule has 0 aliphatic carbocycles. The summed E-state index contributed by atoms with van der Waals surface area (Å²) in [7, 11) is 1.41. The molecule has 5 aromatic carbocycles. The summed E-state index contributed by atoms with van der Waals surface area (Å²) in [5, 5.41) is 0. The van der Waals surface area contributed by atoms with Crippen LogP contribution in [0.5, 0.6) is 0 Å². The van der Waals surface area contributed by atoms with Gasteiger partial charge in [0.05, 0.1) is 13.5 Å². The van der Waals surface area contributed by atoms with Crippen molar-refractivity contribution in [3.8, 4) is 0 Å². The fourth-order valence-corrected chi connectivity index (χ4v) is 11.5. The van der Waals surface area contributed by atoms with Crippen LogP contribution in [0, 0.1) is 68.2 Å². The maximum Gasteiger partial charge on any atom is 0.306 e. The SMILES string of the molecule is CC(C)(C)C.CC(C)(C)Cc1ccc(Br)cc1.CC(C)(C)Cc1ccc(I)cc1.CC(C)(C)Cc1cccc(I)c1.CC(C)(C)Cc1ccccc1Br.CC(C)(C)Cc1cccnc1.CC(C)(C)Cc1ccncc1.CCCCCC(C)(C)C.COC(=O)CC(C)(C)C.Cc1ccc(CC(C)(C)C)cc1. The zero-order chi connectivity index (χ0) is 81.9. The van der Waals surface area contributed by atoms with Crippen LogP contribution in [0.4, 0.5) is 0 Å². The number of benzene rings is 5. The van der Waals surface area contributed by atoms with Crippen molar-refractivity contribution in [1.29, 1.82) is 0 Å². The van der Waals surface area contributed by atoms with E-state index in [0.717, 1.165) is 49.4 Å². The van der Waals surface area contributed by atoms with Crippen molar-refractivity contribution in [2.75, 3.05) is 7.11 Å². The molecule has 0 saturated carbocycles. The standard InChI is InChI=1S/C12H18.2C11H15Br.2C11H15I.2C10H15N.C9H20.C7H14O2.C5H12/c1-10-5-7-11(8-6-10)9-12(2,3)4;1-11(2,3)8-9-4-6-10(12)7-5-9;1-11(2,3)8-9-6-4-5-7-10(9)12;1-11(2,3)8-9-4-6-10(12)7-5-9;1-11(2,3)8-9-5-4-6-10(12)7-9;1-10(2,3)8-9-4-6-11-7-5-9;1-10(2,3)7-9-5-4-6-11-8-9;1-5-6-7-8-9(2,3)4;1-7(2,3)5-6(8)9-4;1-5(2,3)4/h5-8H,9H2,1-4H3;4*4-7H,8H2,1-3H3;4-7H,8H2,1-3H3;4-6,8H,7H2,1-3H3;5-8H2,1-4H3;5H2,1-4H3;1-4H3. The Morgan fingerprint density at radius 1 is 0.371 bits per heavy atom. The molecule has 0 radical (unpaired) electrons. The molecule has 105 heavy (non-hydrogen) atoms. The molecule has 592 valence electrons. The summed E-state index contributed by atoms with van der Waals surface area (Å²) < 4.78 is 9.50. The molecule has 8 heteroatoms. The molecule has 7 rings (SSSR count). The summed E-state index contributed by atoms with van der Waals surface area (Å²) in [6.07, 6.45) is 21.4. The zero-order valence-corrected chi connectivity index (χ0v) is 80.9. The molecular formula is C97H154Br2I2N2O2. The highest BCUT2D eigenvalue weighted by molar-refractivity contribution is 14.1. The number of methoxy groups -OCH3 is 1. The number of nitrogens with zero attached hydrogens (tertiary/aromatic N) is 2. The van der Waals surface area contributed by atoms with Crippen LogP contribution in [-0.2, 0) is 54.5 Å². The third-order valence-electron chi connectivity index (χ3n) is 13.8. The average molecular weight is 1790 g/mol. The Balaban J connectivity index is -0.00000111. The summed E-state index contributed by atoms with van der Waals surface area (Å²) in [4.78, 5) is 18.6. The average Bonchev–Trinajstić information content (AvgIpc) is 0.902. The normalized spacial score (nSPS) is 11.6. The van der Waals surface area contributed by atoms with Gasteiger partial charge in [-0.3, -0.25) is 14.8 Å². The van der Waals surface area contributed by atoms with E-state index >= 15 is 0 Å². The molecule has 0 unspecified atom stereocenters. The minimum atomic E-state index is -0.137. The van der Waals surface area contributed by atoms with E-state index in [0.29, 0.717) is 55.2 Å². The van der Waals surface area contributed by atoms with Crippen molar-refractivity contribution in [2.24, 2.45) is 54.1 Å². The fourth-order valence-electron chi connectivity index (χ4n) is 9.86. The second kappa shape index (κ2) is 51.7. The van der Waals surface area contributed by atoms with Crippen LogP contribution in [0.3, 0.4) is 0 Å². The van der Waals surface area contributed by atoms with Crippen LogP contribution in [0.15, 0.2) is 179 Å². The number of ether oxygens (including phenoxy) is 1. The smallest absolute Gasteiger partial charge is 0.306 e. The van der Waals surface area contributed by atoms with Crippen molar-refractivity contribution >= 4 is 83.0 Å². The number of esters is 1. The lowest BCUT2D eigenvalue weighted by molar-refractivity contribution is -0.142. The number of hydrogen-bond acceptors (Lipinski definition) is 4. The molecule has 0 bridgehead atoms. The number of aromatic nitrogens is 2. The first kappa shape index (κ1) is 105. The van der Waals surface area contributed by atoms with Crippen LogP contribution in [0.25, 0.3) is 0 Å². The van der Waals surface area contributed by atoms with E-state index in [1.807, 2.05) is 51.6 Å². The molecule has 0 N–H and O–H groups in total. The summed E-state index contributed by atoms with van der Waals surface area (Å²) in [5.41, 5.74) is 14.9. The first-order chi connectivity index (χ1) is 47.5. The van der Waals surface area contributed by atoms with E-state index in [2.05, 4.69) is 439 Å². The minimum Gasteiger partial charge on any atom is -0.469 e. The number of unbranched alkanes of at least 4 members (excludes halogenated alkanes) is 2. The first-order valence-electron chi connectivity index (χ1n) is 38.4. The largest absolute Gasteiger partial charge is 0.469 e. The quantitative estimate of drug-likeness (QED) is 0.0736.